The number of aromatic nitrogens is 3. The number of hydrogen-bond donors (Lipinski definition) is 1. The average molecular weight is 447 g/mol. The van der Waals surface area contributed by atoms with Gasteiger partial charge in [0.1, 0.15) is 35.7 Å². The minimum absolute atomic E-state index is 0.0847. The lowest BCUT2D eigenvalue weighted by Crippen LogP contribution is -2.32. The van der Waals surface area contributed by atoms with Crippen LogP contribution in [0.4, 0.5) is 5.82 Å². The lowest BCUT2D eigenvalue weighted by atomic mass is 9.86. The fraction of sp³-hybridized carbons (Fsp3) is 0.538. The van der Waals surface area contributed by atoms with Crippen molar-refractivity contribution in [2.75, 3.05) is 18.9 Å². The maximum Gasteiger partial charge on any atom is 0.146 e. The molecule has 1 spiro atoms. The third-order valence-corrected chi connectivity index (χ3v) is 8.36. The summed E-state index contributed by atoms with van der Waals surface area (Å²) in [6, 6.07) is 8.70. The third kappa shape index (κ3) is 3.32. The van der Waals surface area contributed by atoms with Gasteiger partial charge in [0, 0.05) is 17.8 Å². The lowest BCUT2D eigenvalue weighted by Gasteiger charge is -2.27. The SMILES string of the molecule is Nc1ncnc2c1c(-c1cccc(OCC34CCC(CC3)O4)c1)cn2C1CCC2(CC1)CO2. The molecule has 1 saturated carbocycles. The fourth-order valence-electron chi connectivity index (χ4n) is 6.26. The summed E-state index contributed by atoms with van der Waals surface area (Å²) in [5.74, 6) is 1.38. The highest BCUT2D eigenvalue weighted by Gasteiger charge is 2.48. The molecule has 4 aliphatic rings. The lowest BCUT2D eigenvalue weighted by molar-refractivity contribution is -0.0198. The van der Waals surface area contributed by atoms with E-state index in [0.29, 0.717) is 24.6 Å². The molecule has 3 aliphatic heterocycles. The molecule has 7 heteroatoms. The molecule has 4 fully saturated rings. The quantitative estimate of drug-likeness (QED) is 0.574. The van der Waals surface area contributed by atoms with Gasteiger partial charge in [0.2, 0.25) is 0 Å². The molecule has 2 N–H and O–H groups in total. The van der Waals surface area contributed by atoms with E-state index in [9.17, 15) is 0 Å². The van der Waals surface area contributed by atoms with Gasteiger partial charge in [0.05, 0.1) is 23.7 Å². The van der Waals surface area contributed by atoms with Crippen molar-refractivity contribution in [1.82, 2.24) is 14.5 Å². The zero-order chi connectivity index (χ0) is 22.0. The van der Waals surface area contributed by atoms with Gasteiger partial charge in [-0.05, 0) is 69.1 Å². The van der Waals surface area contributed by atoms with Gasteiger partial charge in [-0.1, -0.05) is 12.1 Å². The number of anilines is 1. The summed E-state index contributed by atoms with van der Waals surface area (Å²) in [6.45, 7) is 1.54. The molecule has 0 radical (unpaired) electrons. The van der Waals surface area contributed by atoms with E-state index in [4.69, 9.17) is 19.9 Å². The van der Waals surface area contributed by atoms with E-state index in [-0.39, 0.29) is 11.2 Å². The number of ether oxygens (including phenoxy) is 3. The first kappa shape index (κ1) is 19.8. The van der Waals surface area contributed by atoms with Crippen LogP contribution in [0.15, 0.2) is 36.8 Å². The number of rotatable bonds is 5. The van der Waals surface area contributed by atoms with Crippen molar-refractivity contribution in [2.45, 2.75) is 74.7 Å². The molecule has 33 heavy (non-hydrogen) atoms. The Morgan fingerprint density at radius 3 is 2.64 bits per heavy atom. The molecular weight excluding hydrogens is 416 g/mol. The Hall–Kier alpha value is -2.64. The van der Waals surface area contributed by atoms with Crippen molar-refractivity contribution in [2.24, 2.45) is 0 Å². The summed E-state index contributed by atoms with van der Waals surface area (Å²) in [5, 5.41) is 0.925. The highest BCUT2D eigenvalue weighted by atomic mass is 16.6. The van der Waals surface area contributed by atoms with Gasteiger partial charge in [-0.3, -0.25) is 0 Å². The van der Waals surface area contributed by atoms with Gasteiger partial charge < -0.3 is 24.5 Å². The fourth-order valence-corrected chi connectivity index (χ4v) is 6.26. The van der Waals surface area contributed by atoms with Crippen molar-refractivity contribution >= 4 is 16.9 Å². The molecule has 3 aromatic rings. The molecule has 7 rings (SSSR count). The van der Waals surface area contributed by atoms with E-state index in [1.807, 2.05) is 12.1 Å². The van der Waals surface area contributed by atoms with E-state index in [0.717, 1.165) is 85.9 Å². The number of fused-ring (bicyclic) bond motifs is 3. The van der Waals surface area contributed by atoms with Crippen LogP contribution >= 0.6 is 0 Å². The van der Waals surface area contributed by atoms with Gasteiger partial charge in [-0.2, -0.15) is 0 Å². The van der Waals surface area contributed by atoms with Crippen molar-refractivity contribution in [1.29, 1.82) is 0 Å². The first-order valence-corrected chi connectivity index (χ1v) is 12.3. The standard InChI is InChI=1S/C26H30N4O3/c27-23-22-21(13-30(24(22)29-16-28-23)18-4-8-25(9-5-18)15-32-25)17-2-1-3-20(12-17)31-14-26-10-6-19(33-26)7-11-26/h1-3,12-13,16,18-19H,4-11,14-15H2,(H2,27,28,29). The molecule has 1 aromatic carbocycles. The Kier molecular flexibility index (Phi) is 4.31. The Morgan fingerprint density at radius 2 is 1.91 bits per heavy atom. The van der Waals surface area contributed by atoms with E-state index in [2.05, 4.69) is 32.9 Å². The zero-order valence-corrected chi connectivity index (χ0v) is 18.8. The molecule has 2 bridgehead atoms. The monoisotopic (exact) mass is 446 g/mol. The maximum atomic E-state index is 6.38. The van der Waals surface area contributed by atoms with Gasteiger partial charge >= 0.3 is 0 Å². The number of nitrogens with two attached hydrogens (primary N) is 1. The normalized spacial score (nSPS) is 32.6. The first-order chi connectivity index (χ1) is 16.1. The van der Waals surface area contributed by atoms with E-state index < -0.39 is 0 Å². The summed E-state index contributed by atoms with van der Waals surface area (Å²) in [4.78, 5) is 8.95. The van der Waals surface area contributed by atoms with Gasteiger partial charge in [0.25, 0.3) is 0 Å². The van der Waals surface area contributed by atoms with Crippen molar-refractivity contribution in [3.05, 3.63) is 36.8 Å². The second kappa shape index (κ2) is 7.18. The van der Waals surface area contributed by atoms with E-state index in [1.165, 1.54) is 0 Å². The molecular formula is C26H30N4O3. The minimum atomic E-state index is -0.0847. The third-order valence-electron chi connectivity index (χ3n) is 8.36. The number of nitrogen functional groups attached to an aromatic ring is 1. The largest absolute Gasteiger partial charge is 0.491 e. The van der Waals surface area contributed by atoms with Crippen LogP contribution in [0.3, 0.4) is 0 Å². The van der Waals surface area contributed by atoms with Crippen LogP contribution < -0.4 is 10.5 Å². The van der Waals surface area contributed by atoms with Crippen LogP contribution in [0.1, 0.15) is 57.4 Å². The van der Waals surface area contributed by atoms with Gasteiger partial charge in [-0.25, -0.2) is 9.97 Å². The van der Waals surface area contributed by atoms with Gasteiger partial charge in [0.15, 0.2) is 0 Å². The van der Waals surface area contributed by atoms with Crippen LogP contribution in [0, 0.1) is 0 Å². The molecule has 0 atom stereocenters. The Bertz CT molecular complexity index is 1200. The Balaban J connectivity index is 1.20. The van der Waals surface area contributed by atoms with Crippen LogP contribution in [0.25, 0.3) is 22.2 Å². The Labute approximate surface area is 193 Å². The second-order valence-electron chi connectivity index (χ2n) is 10.4. The first-order valence-electron chi connectivity index (χ1n) is 12.3. The molecule has 5 heterocycles. The van der Waals surface area contributed by atoms with Crippen LogP contribution in [0.2, 0.25) is 0 Å². The minimum Gasteiger partial charge on any atom is -0.491 e. The Morgan fingerprint density at radius 1 is 1.09 bits per heavy atom. The molecule has 0 unspecified atom stereocenters. The van der Waals surface area contributed by atoms with Crippen LogP contribution in [-0.4, -0.2) is 45.1 Å². The number of epoxide rings is 1. The number of nitrogens with zero attached hydrogens (tertiary/aromatic N) is 3. The number of benzene rings is 1. The molecule has 7 nitrogen and oxygen atoms in total. The molecule has 2 aromatic heterocycles. The van der Waals surface area contributed by atoms with E-state index in [1.54, 1.807) is 6.33 Å². The highest BCUT2D eigenvalue weighted by Crippen LogP contribution is 2.47. The zero-order valence-electron chi connectivity index (χ0n) is 18.8. The predicted octanol–water partition coefficient (Wildman–Crippen LogP) is 4.66. The van der Waals surface area contributed by atoms with Crippen molar-refractivity contribution < 1.29 is 14.2 Å². The molecule has 1 aliphatic carbocycles. The number of hydrogen-bond acceptors (Lipinski definition) is 6. The smallest absolute Gasteiger partial charge is 0.146 e. The summed E-state index contributed by atoms with van der Waals surface area (Å²) in [7, 11) is 0. The average Bonchev–Trinajstić information content (AvgIpc) is 3.18. The van der Waals surface area contributed by atoms with Crippen LogP contribution in [0.5, 0.6) is 5.75 Å². The predicted molar refractivity (Wildman–Crippen MR) is 125 cm³/mol. The summed E-state index contributed by atoms with van der Waals surface area (Å²) < 4.78 is 20.5. The summed E-state index contributed by atoms with van der Waals surface area (Å²) >= 11 is 0. The topological polar surface area (TPSA) is 87.7 Å². The second-order valence-corrected chi connectivity index (χ2v) is 10.4. The van der Waals surface area contributed by atoms with Crippen LogP contribution in [-0.2, 0) is 9.47 Å². The van der Waals surface area contributed by atoms with Crippen molar-refractivity contribution in [3.63, 3.8) is 0 Å². The molecule has 3 saturated heterocycles. The summed E-state index contributed by atoms with van der Waals surface area (Å²) in [5.41, 5.74) is 9.51. The van der Waals surface area contributed by atoms with E-state index >= 15 is 0 Å². The van der Waals surface area contributed by atoms with Gasteiger partial charge in [-0.15, -0.1) is 0 Å². The highest BCUT2D eigenvalue weighted by molar-refractivity contribution is 6.00. The molecule has 172 valence electrons. The maximum absolute atomic E-state index is 6.38. The summed E-state index contributed by atoms with van der Waals surface area (Å²) in [6.07, 6.45) is 13.2. The molecule has 0 amide bonds. The van der Waals surface area contributed by atoms with Crippen molar-refractivity contribution in [3.8, 4) is 16.9 Å².